The number of likely N-dealkylation sites (tertiary alicyclic amines) is 1. The Hall–Kier alpha value is -1.92. The first-order valence-corrected chi connectivity index (χ1v) is 9.20. The normalized spacial score (nSPS) is 30.0. The molecule has 0 spiro atoms. The average Bonchev–Trinajstić information content (AvgIpc) is 3.07. The predicted octanol–water partition coefficient (Wildman–Crippen LogP) is 0.0565. The van der Waals surface area contributed by atoms with Gasteiger partial charge in [0.25, 0.3) is 0 Å². The summed E-state index contributed by atoms with van der Waals surface area (Å²) in [6.45, 7) is 5.74. The van der Waals surface area contributed by atoms with Crippen LogP contribution >= 0.6 is 0 Å². The zero-order valence-corrected chi connectivity index (χ0v) is 14.5. The summed E-state index contributed by atoms with van der Waals surface area (Å²) in [4.78, 5) is 29.4. The van der Waals surface area contributed by atoms with Crippen molar-refractivity contribution >= 4 is 11.8 Å². The number of carbonyl (C=O) groups excluding carboxylic acids is 2. The Morgan fingerprint density at radius 3 is 2.96 bits per heavy atom. The smallest absolute Gasteiger partial charge is 0.239 e. The van der Waals surface area contributed by atoms with Crippen molar-refractivity contribution in [2.45, 2.75) is 13.0 Å². The van der Waals surface area contributed by atoms with E-state index < -0.39 is 0 Å². The molecule has 2 amide bonds. The molecule has 1 aromatic rings. The lowest BCUT2D eigenvalue weighted by molar-refractivity contribution is -0.144. The Kier molecular flexibility index (Phi) is 4.48. The van der Waals surface area contributed by atoms with Gasteiger partial charge in [-0.2, -0.15) is 0 Å². The van der Waals surface area contributed by atoms with Gasteiger partial charge in [-0.15, -0.1) is 0 Å². The summed E-state index contributed by atoms with van der Waals surface area (Å²) < 4.78 is 0. The largest absolute Gasteiger partial charge is 0.354 e. The molecule has 3 saturated heterocycles. The van der Waals surface area contributed by atoms with Gasteiger partial charge in [0.2, 0.25) is 11.8 Å². The maximum atomic E-state index is 13.4. The van der Waals surface area contributed by atoms with Crippen LogP contribution in [0, 0.1) is 11.3 Å². The molecule has 0 aromatic heterocycles. The predicted molar refractivity (Wildman–Crippen MR) is 94.7 cm³/mol. The molecule has 25 heavy (non-hydrogen) atoms. The molecule has 1 aromatic carbocycles. The SMILES string of the molecule is O=C1CN(C(=O)[C@]23CNC[C@H]2CN(Cc2ccccc2)C3)CCCN1. The van der Waals surface area contributed by atoms with E-state index >= 15 is 0 Å². The summed E-state index contributed by atoms with van der Waals surface area (Å²) >= 11 is 0. The Bertz CT molecular complexity index is 650. The number of carbonyl (C=O) groups is 2. The summed E-state index contributed by atoms with van der Waals surface area (Å²) in [7, 11) is 0. The minimum atomic E-state index is -0.376. The van der Waals surface area contributed by atoms with Gasteiger partial charge in [-0.05, 0) is 12.0 Å². The minimum Gasteiger partial charge on any atom is -0.354 e. The molecule has 0 aliphatic carbocycles. The van der Waals surface area contributed by atoms with Gasteiger partial charge in [-0.25, -0.2) is 0 Å². The topological polar surface area (TPSA) is 64.7 Å². The zero-order valence-electron chi connectivity index (χ0n) is 14.5. The Labute approximate surface area is 148 Å². The van der Waals surface area contributed by atoms with Crippen molar-refractivity contribution in [2.75, 3.05) is 45.8 Å². The van der Waals surface area contributed by atoms with E-state index in [2.05, 4.69) is 39.8 Å². The highest BCUT2D eigenvalue weighted by atomic mass is 16.2. The third-order valence-corrected chi connectivity index (χ3v) is 5.82. The van der Waals surface area contributed by atoms with Gasteiger partial charge < -0.3 is 15.5 Å². The molecule has 3 heterocycles. The maximum Gasteiger partial charge on any atom is 0.239 e. The van der Waals surface area contributed by atoms with Crippen molar-refractivity contribution in [2.24, 2.45) is 11.3 Å². The highest BCUT2D eigenvalue weighted by Gasteiger charge is 2.55. The number of amides is 2. The summed E-state index contributed by atoms with van der Waals surface area (Å²) in [5, 5.41) is 6.28. The highest BCUT2D eigenvalue weighted by molar-refractivity contribution is 5.89. The van der Waals surface area contributed by atoms with E-state index in [-0.39, 0.29) is 23.8 Å². The van der Waals surface area contributed by atoms with E-state index in [1.54, 1.807) is 4.90 Å². The van der Waals surface area contributed by atoms with Crippen LogP contribution in [0.1, 0.15) is 12.0 Å². The van der Waals surface area contributed by atoms with Crippen LogP contribution in [0.4, 0.5) is 0 Å². The first-order chi connectivity index (χ1) is 12.2. The molecule has 4 rings (SSSR count). The third-order valence-electron chi connectivity index (χ3n) is 5.82. The lowest BCUT2D eigenvalue weighted by atomic mass is 9.79. The van der Waals surface area contributed by atoms with Gasteiger partial charge in [-0.1, -0.05) is 30.3 Å². The highest BCUT2D eigenvalue weighted by Crippen LogP contribution is 2.41. The Morgan fingerprint density at radius 2 is 2.12 bits per heavy atom. The van der Waals surface area contributed by atoms with E-state index in [9.17, 15) is 9.59 Å². The van der Waals surface area contributed by atoms with E-state index in [0.717, 1.165) is 39.1 Å². The molecule has 3 fully saturated rings. The second-order valence-corrected chi connectivity index (χ2v) is 7.57. The molecule has 6 nitrogen and oxygen atoms in total. The van der Waals surface area contributed by atoms with Crippen LogP contribution in [0.15, 0.2) is 30.3 Å². The average molecular weight is 342 g/mol. The monoisotopic (exact) mass is 342 g/mol. The molecule has 0 bridgehead atoms. The number of nitrogens with zero attached hydrogens (tertiary/aromatic N) is 2. The van der Waals surface area contributed by atoms with Crippen LogP contribution in [0.25, 0.3) is 0 Å². The van der Waals surface area contributed by atoms with Crippen molar-refractivity contribution in [3.8, 4) is 0 Å². The van der Waals surface area contributed by atoms with Crippen LogP contribution in [0.5, 0.6) is 0 Å². The number of rotatable bonds is 3. The second kappa shape index (κ2) is 6.77. The minimum absolute atomic E-state index is 0.0381. The molecule has 0 radical (unpaired) electrons. The summed E-state index contributed by atoms with van der Waals surface area (Å²) in [6, 6.07) is 10.4. The van der Waals surface area contributed by atoms with Crippen LogP contribution in [0.3, 0.4) is 0 Å². The Balaban J connectivity index is 1.50. The van der Waals surface area contributed by atoms with Gasteiger partial charge in [0.1, 0.15) is 0 Å². The van der Waals surface area contributed by atoms with E-state index in [1.165, 1.54) is 5.56 Å². The van der Waals surface area contributed by atoms with Gasteiger partial charge >= 0.3 is 0 Å². The second-order valence-electron chi connectivity index (χ2n) is 7.57. The van der Waals surface area contributed by atoms with Crippen LogP contribution in [-0.4, -0.2) is 67.4 Å². The van der Waals surface area contributed by atoms with Crippen LogP contribution in [0.2, 0.25) is 0 Å². The van der Waals surface area contributed by atoms with Gasteiger partial charge in [0.15, 0.2) is 0 Å². The Morgan fingerprint density at radius 1 is 1.28 bits per heavy atom. The van der Waals surface area contributed by atoms with Crippen LogP contribution in [-0.2, 0) is 16.1 Å². The molecular formula is C19H26N4O2. The maximum absolute atomic E-state index is 13.4. The summed E-state index contributed by atoms with van der Waals surface area (Å²) in [5.74, 6) is 0.453. The van der Waals surface area contributed by atoms with Crippen LogP contribution < -0.4 is 10.6 Å². The molecule has 0 unspecified atom stereocenters. The fraction of sp³-hybridized carbons (Fsp3) is 0.579. The molecule has 3 aliphatic rings. The quantitative estimate of drug-likeness (QED) is 0.815. The number of benzene rings is 1. The van der Waals surface area contributed by atoms with E-state index in [1.807, 2.05) is 6.07 Å². The molecule has 2 N–H and O–H groups in total. The fourth-order valence-electron chi connectivity index (χ4n) is 4.58. The first kappa shape index (κ1) is 16.5. The number of nitrogens with one attached hydrogen (secondary N) is 2. The number of hydrogen-bond donors (Lipinski definition) is 2. The van der Waals surface area contributed by atoms with E-state index in [0.29, 0.717) is 19.0 Å². The zero-order chi connectivity index (χ0) is 17.3. The molecular weight excluding hydrogens is 316 g/mol. The van der Waals surface area contributed by atoms with Crippen molar-refractivity contribution in [3.63, 3.8) is 0 Å². The fourth-order valence-corrected chi connectivity index (χ4v) is 4.58. The molecule has 134 valence electrons. The third kappa shape index (κ3) is 3.16. The van der Waals surface area contributed by atoms with Gasteiger partial charge in [0, 0.05) is 51.7 Å². The lowest BCUT2D eigenvalue weighted by Gasteiger charge is -2.33. The lowest BCUT2D eigenvalue weighted by Crippen LogP contribution is -2.51. The van der Waals surface area contributed by atoms with Crippen molar-refractivity contribution in [1.82, 2.24) is 20.4 Å². The molecule has 6 heteroatoms. The molecule has 0 saturated carbocycles. The molecule has 3 aliphatic heterocycles. The standard InChI is InChI=1S/C19H26N4O2/c24-17-12-23(8-4-7-21-17)18(25)19-13-20-9-16(19)11-22(14-19)10-15-5-2-1-3-6-15/h1-3,5-6,16,20H,4,7-14H2,(H,21,24)/t16-,19-/m0/s1. The summed E-state index contributed by atoms with van der Waals surface area (Å²) in [6.07, 6.45) is 0.833. The van der Waals surface area contributed by atoms with Gasteiger partial charge in [0.05, 0.1) is 12.0 Å². The van der Waals surface area contributed by atoms with Gasteiger partial charge in [-0.3, -0.25) is 14.5 Å². The van der Waals surface area contributed by atoms with Crippen molar-refractivity contribution in [3.05, 3.63) is 35.9 Å². The van der Waals surface area contributed by atoms with Crippen molar-refractivity contribution in [1.29, 1.82) is 0 Å². The number of fused-ring (bicyclic) bond motifs is 1. The number of hydrogen-bond acceptors (Lipinski definition) is 4. The van der Waals surface area contributed by atoms with Crippen molar-refractivity contribution < 1.29 is 9.59 Å². The van der Waals surface area contributed by atoms with E-state index in [4.69, 9.17) is 0 Å². The summed E-state index contributed by atoms with van der Waals surface area (Å²) in [5.41, 5.74) is 0.909. The first-order valence-electron chi connectivity index (χ1n) is 9.20. The molecule has 2 atom stereocenters.